The smallest absolute Gasteiger partial charge is 0.406 e. The summed E-state index contributed by atoms with van der Waals surface area (Å²) in [6.45, 7) is 4.48. The highest BCUT2D eigenvalue weighted by molar-refractivity contribution is 7.14. The van der Waals surface area contributed by atoms with Crippen LogP contribution in [0.2, 0.25) is 5.02 Å². The van der Waals surface area contributed by atoms with Crippen molar-refractivity contribution in [2.45, 2.75) is 33.4 Å². The largest absolute Gasteiger partial charge is 0.490 e. The molecule has 0 saturated heterocycles. The predicted octanol–water partition coefficient (Wildman–Crippen LogP) is 5.50. The van der Waals surface area contributed by atoms with Crippen LogP contribution >= 0.6 is 22.9 Å². The second-order valence-electron chi connectivity index (χ2n) is 5.84. The number of ether oxygens (including phenoxy) is 2. The maximum Gasteiger partial charge on any atom is 0.406 e. The fourth-order valence-electron chi connectivity index (χ4n) is 2.33. The summed E-state index contributed by atoms with van der Waals surface area (Å²) in [5.41, 5.74) is 0.478. The summed E-state index contributed by atoms with van der Waals surface area (Å²) in [6.07, 6.45) is -3.86. The quantitative estimate of drug-likeness (QED) is 0.548. The Morgan fingerprint density at radius 3 is 2.54 bits per heavy atom. The second-order valence-corrected chi connectivity index (χ2v) is 7.09. The number of carbonyl (C=O) groups excluding carboxylic acids is 1. The molecule has 0 spiro atoms. The molecule has 10 heteroatoms. The lowest BCUT2D eigenvalue weighted by Gasteiger charge is -2.22. The number of hydrogen-bond donors (Lipinski definition) is 0. The van der Waals surface area contributed by atoms with Gasteiger partial charge in [0.15, 0.2) is 16.6 Å². The third-order valence-corrected chi connectivity index (χ3v) is 4.69. The number of hydrogen-bond acceptors (Lipinski definition) is 5. The standard InChI is InChI=1S/C18H20ClF3N2O3S/c1-4-6-27-15-13(19)7-12(8-14(15)26-5-2)16(25)24(10-18(20,21)22)17-23-11(3)9-28-17/h7-9H,4-6,10H2,1-3H3. The molecule has 0 saturated carbocycles. The Hall–Kier alpha value is -2.00. The van der Waals surface area contributed by atoms with E-state index in [1.807, 2.05) is 6.92 Å². The molecular formula is C18H20ClF3N2O3S. The van der Waals surface area contributed by atoms with Crippen LogP contribution in [0.5, 0.6) is 11.5 Å². The molecular weight excluding hydrogens is 417 g/mol. The van der Waals surface area contributed by atoms with Gasteiger partial charge in [-0.2, -0.15) is 13.2 Å². The normalized spacial score (nSPS) is 11.4. The van der Waals surface area contributed by atoms with Crippen molar-refractivity contribution in [3.63, 3.8) is 0 Å². The van der Waals surface area contributed by atoms with E-state index in [-0.39, 0.29) is 33.8 Å². The Morgan fingerprint density at radius 1 is 1.29 bits per heavy atom. The van der Waals surface area contributed by atoms with Gasteiger partial charge in [0.05, 0.1) is 23.9 Å². The van der Waals surface area contributed by atoms with Gasteiger partial charge in [-0.3, -0.25) is 9.69 Å². The Bertz CT molecular complexity index is 827. The van der Waals surface area contributed by atoms with Crippen molar-refractivity contribution in [3.05, 3.63) is 33.8 Å². The second kappa shape index (κ2) is 9.47. The van der Waals surface area contributed by atoms with Crippen LogP contribution in [0.25, 0.3) is 0 Å². The summed E-state index contributed by atoms with van der Waals surface area (Å²) in [5, 5.41) is 1.62. The first-order valence-electron chi connectivity index (χ1n) is 8.56. The van der Waals surface area contributed by atoms with Crippen LogP contribution in [0.15, 0.2) is 17.5 Å². The van der Waals surface area contributed by atoms with Gasteiger partial charge in [0, 0.05) is 10.9 Å². The first-order valence-corrected chi connectivity index (χ1v) is 9.81. The molecule has 1 aromatic heterocycles. The van der Waals surface area contributed by atoms with E-state index in [0.29, 0.717) is 17.2 Å². The highest BCUT2D eigenvalue weighted by Gasteiger charge is 2.36. The fraction of sp³-hybridized carbons (Fsp3) is 0.444. The van der Waals surface area contributed by atoms with Crippen LogP contribution in [0.3, 0.4) is 0 Å². The average molecular weight is 437 g/mol. The number of aryl methyl sites for hydroxylation is 1. The molecule has 0 atom stereocenters. The number of halogens is 4. The van der Waals surface area contributed by atoms with E-state index in [4.69, 9.17) is 21.1 Å². The molecule has 28 heavy (non-hydrogen) atoms. The topological polar surface area (TPSA) is 51.7 Å². The summed E-state index contributed by atoms with van der Waals surface area (Å²) in [7, 11) is 0. The number of rotatable bonds is 8. The van der Waals surface area contributed by atoms with Gasteiger partial charge in [-0.05, 0) is 32.4 Å². The van der Waals surface area contributed by atoms with Crippen molar-refractivity contribution in [1.82, 2.24) is 4.98 Å². The summed E-state index contributed by atoms with van der Waals surface area (Å²) in [4.78, 5) is 17.5. The van der Waals surface area contributed by atoms with E-state index in [1.165, 1.54) is 12.1 Å². The van der Waals surface area contributed by atoms with Gasteiger partial charge in [0.2, 0.25) is 0 Å². The van der Waals surface area contributed by atoms with Gasteiger partial charge in [-0.15, -0.1) is 11.3 Å². The lowest BCUT2D eigenvalue weighted by molar-refractivity contribution is -0.118. The molecule has 0 radical (unpaired) electrons. The maximum atomic E-state index is 13.1. The van der Waals surface area contributed by atoms with Gasteiger partial charge in [-0.25, -0.2) is 4.98 Å². The SMILES string of the molecule is CCCOc1c(Cl)cc(C(=O)N(CC(F)(F)F)c2nc(C)cs2)cc1OCC. The minimum Gasteiger partial charge on any atom is -0.490 e. The van der Waals surface area contributed by atoms with Crippen molar-refractivity contribution in [2.24, 2.45) is 0 Å². The van der Waals surface area contributed by atoms with Crippen LogP contribution in [-0.2, 0) is 0 Å². The molecule has 1 heterocycles. The number of alkyl halides is 3. The highest BCUT2D eigenvalue weighted by atomic mass is 35.5. The summed E-state index contributed by atoms with van der Waals surface area (Å²) < 4.78 is 50.2. The first-order chi connectivity index (χ1) is 13.2. The maximum absolute atomic E-state index is 13.1. The minimum atomic E-state index is -4.59. The van der Waals surface area contributed by atoms with Crippen LogP contribution in [0.4, 0.5) is 18.3 Å². The zero-order chi connectivity index (χ0) is 20.9. The van der Waals surface area contributed by atoms with Crippen LogP contribution in [-0.4, -0.2) is 36.8 Å². The molecule has 0 unspecified atom stereocenters. The van der Waals surface area contributed by atoms with Crippen molar-refractivity contribution >= 4 is 34.0 Å². The number of benzene rings is 1. The number of aromatic nitrogens is 1. The summed E-state index contributed by atoms with van der Waals surface area (Å²) in [6, 6.07) is 2.62. The Labute approximate surface area is 170 Å². The molecule has 0 N–H and O–H groups in total. The van der Waals surface area contributed by atoms with E-state index >= 15 is 0 Å². The zero-order valence-corrected chi connectivity index (χ0v) is 17.2. The third kappa shape index (κ3) is 5.75. The van der Waals surface area contributed by atoms with E-state index in [9.17, 15) is 18.0 Å². The molecule has 5 nitrogen and oxygen atoms in total. The highest BCUT2D eigenvalue weighted by Crippen LogP contribution is 2.38. The van der Waals surface area contributed by atoms with Crippen molar-refractivity contribution in [3.8, 4) is 11.5 Å². The molecule has 2 aromatic rings. The van der Waals surface area contributed by atoms with Gasteiger partial charge in [-0.1, -0.05) is 18.5 Å². The average Bonchev–Trinajstić information content (AvgIpc) is 3.04. The lowest BCUT2D eigenvalue weighted by atomic mass is 10.1. The number of carbonyl (C=O) groups is 1. The van der Waals surface area contributed by atoms with Gasteiger partial charge in [0.1, 0.15) is 6.54 Å². The molecule has 0 aliphatic rings. The summed E-state index contributed by atoms with van der Waals surface area (Å²) >= 11 is 7.19. The van der Waals surface area contributed by atoms with E-state index in [0.717, 1.165) is 17.8 Å². The molecule has 0 fully saturated rings. The van der Waals surface area contributed by atoms with Gasteiger partial charge < -0.3 is 9.47 Å². The molecule has 2 rings (SSSR count). The minimum absolute atomic E-state index is 0.0415. The number of thiazole rings is 1. The molecule has 0 aliphatic heterocycles. The monoisotopic (exact) mass is 436 g/mol. The van der Waals surface area contributed by atoms with Crippen LogP contribution in [0.1, 0.15) is 36.3 Å². The Kier molecular flexibility index (Phi) is 7.54. The van der Waals surface area contributed by atoms with Crippen molar-refractivity contribution in [2.75, 3.05) is 24.7 Å². The Morgan fingerprint density at radius 2 is 2.00 bits per heavy atom. The van der Waals surface area contributed by atoms with Crippen molar-refractivity contribution in [1.29, 1.82) is 0 Å². The fourth-order valence-corrected chi connectivity index (χ4v) is 3.39. The molecule has 0 aliphatic carbocycles. The lowest BCUT2D eigenvalue weighted by Crippen LogP contribution is -2.39. The van der Waals surface area contributed by atoms with Crippen LogP contribution in [0, 0.1) is 6.92 Å². The first kappa shape index (κ1) is 22.3. The molecule has 1 aromatic carbocycles. The summed E-state index contributed by atoms with van der Waals surface area (Å²) in [5.74, 6) is -0.417. The van der Waals surface area contributed by atoms with Gasteiger partial charge in [0.25, 0.3) is 5.91 Å². The van der Waals surface area contributed by atoms with E-state index in [1.54, 1.807) is 19.2 Å². The van der Waals surface area contributed by atoms with E-state index in [2.05, 4.69) is 4.98 Å². The molecule has 0 bridgehead atoms. The zero-order valence-electron chi connectivity index (χ0n) is 15.6. The predicted molar refractivity (Wildman–Crippen MR) is 103 cm³/mol. The van der Waals surface area contributed by atoms with E-state index < -0.39 is 18.6 Å². The number of anilines is 1. The van der Waals surface area contributed by atoms with Gasteiger partial charge >= 0.3 is 6.18 Å². The third-order valence-electron chi connectivity index (χ3n) is 3.43. The van der Waals surface area contributed by atoms with Crippen molar-refractivity contribution < 1.29 is 27.4 Å². The van der Waals surface area contributed by atoms with Crippen LogP contribution < -0.4 is 14.4 Å². The number of nitrogens with zero attached hydrogens (tertiary/aromatic N) is 2. The number of amides is 1. The molecule has 1 amide bonds. The molecule has 154 valence electrons. The Balaban J connectivity index is 2.45.